The average Bonchev–Trinajstić information content (AvgIpc) is 3.47. The zero-order valence-corrected chi connectivity index (χ0v) is 22.6. The van der Waals surface area contributed by atoms with Gasteiger partial charge in [-0.3, -0.25) is 4.52 Å². The van der Waals surface area contributed by atoms with Crippen molar-refractivity contribution < 1.29 is 53.7 Å². The maximum Gasteiger partial charge on any atom is 0.493 e. The first kappa shape index (κ1) is 31.8. The number of aromatic nitrogens is 3. The highest BCUT2D eigenvalue weighted by molar-refractivity contribution is 7.22. The van der Waals surface area contributed by atoms with Gasteiger partial charge in [-0.1, -0.05) is 33.4 Å². The van der Waals surface area contributed by atoms with Crippen LogP contribution < -0.4 is 15.5 Å². The van der Waals surface area contributed by atoms with E-state index in [0.717, 1.165) is 35.6 Å². The highest BCUT2D eigenvalue weighted by Gasteiger charge is 2.43. The van der Waals surface area contributed by atoms with Crippen molar-refractivity contribution >= 4 is 32.7 Å². The molecular formula is C24H18F9N5O4S. The normalized spacial score (nSPS) is 12.7. The largest absolute Gasteiger partial charge is 0.493 e. The molecule has 0 saturated carbocycles. The standard InChI is InChI=1S/C24H18F9N5O4S/c1-36(2)7-8-37(20-34-16-6-4-13(22(25,26)27)10-17(16)43-20)11-12-3-5-14(15(9-12)23(28,29)30)18-35-41-21(40)38(18)42-19(39)24(31,32)33/h3-6,9-10H,7-8,11H2,1-2H3. The molecule has 0 radical (unpaired) electrons. The summed E-state index contributed by atoms with van der Waals surface area (Å²) in [7, 11) is 3.46. The van der Waals surface area contributed by atoms with Gasteiger partial charge in [-0.25, -0.2) is 14.6 Å². The second kappa shape index (κ2) is 11.5. The van der Waals surface area contributed by atoms with Crippen LogP contribution in [-0.2, 0) is 23.7 Å². The fraction of sp³-hybridized carbons (Fsp3) is 0.333. The fourth-order valence-corrected chi connectivity index (χ4v) is 4.77. The van der Waals surface area contributed by atoms with Gasteiger partial charge in [0, 0.05) is 25.2 Å². The molecule has 0 N–H and O–H groups in total. The van der Waals surface area contributed by atoms with E-state index in [1.807, 2.05) is 0 Å². The van der Waals surface area contributed by atoms with E-state index in [4.69, 9.17) is 0 Å². The van der Waals surface area contributed by atoms with Gasteiger partial charge >= 0.3 is 30.3 Å². The molecule has 0 bridgehead atoms. The highest BCUT2D eigenvalue weighted by atomic mass is 32.1. The van der Waals surface area contributed by atoms with Crippen LogP contribution in [0.15, 0.2) is 45.7 Å². The van der Waals surface area contributed by atoms with E-state index in [-0.39, 0.29) is 34.0 Å². The van der Waals surface area contributed by atoms with Crippen LogP contribution in [0.25, 0.3) is 21.6 Å². The molecule has 0 aliphatic rings. The van der Waals surface area contributed by atoms with Gasteiger partial charge < -0.3 is 14.6 Å². The molecule has 0 aliphatic heterocycles. The number of thiazole rings is 1. The van der Waals surface area contributed by atoms with Crippen LogP contribution in [0.2, 0.25) is 0 Å². The van der Waals surface area contributed by atoms with Crippen molar-refractivity contribution in [1.29, 1.82) is 0 Å². The molecule has 2 aromatic heterocycles. The first-order chi connectivity index (χ1) is 19.8. The third-order valence-corrected chi connectivity index (χ3v) is 6.85. The molecule has 4 aromatic rings. The van der Waals surface area contributed by atoms with Crippen LogP contribution in [0, 0.1) is 0 Å². The Balaban J connectivity index is 1.74. The molecule has 0 saturated heterocycles. The molecule has 0 spiro atoms. The van der Waals surface area contributed by atoms with Crippen LogP contribution >= 0.6 is 11.3 Å². The Kier molecular flexibility index (Phi) is 8.51. The minimum Gasteiger partial charge on any atom is -0.342 e. The topological polar surface area (TPSA) is 93.7 Å². The zero-order valence-electron chi connectivity index (χ0n) is 21.8. The van der Waals surface area contributed by atoms with Crippen molar-refractivity contribution in [3.8, 4) is 11.4 Å². The maximum atomic E-state index is 14.1. The number of rotatable bonds is 8. The lowest BCUT2D eigenvalue weighted by molar-refractivity contribution is -0.200. The van der Waals surface area contributed by atoms with Gasteiger partial charge in [0.25, 0.3) is 0 Å². The van der Waals surface area contributed by atoms with E-state index >= 15 is 0 Å². The van der Waals surface area contributed by atoms with Crippen LogP contribution in [0.5, 0.6) is 0 Å². The molecule has 43 heavy (non-hydrogen) atoms. The molecule has 0 unspecified atom stereocenters. The average molecular weight is 643 g/mol. The van der Waals surface area contributed by atoms with Gasteiger partial charge in [-0.2, -0.15) is 39.5 Å². The Morgan fingerprint density at radius 3 is 2.28 bits per heavy atom. The molecule has 232 valence electrons. The van der Waals surface area contributed by atoms with Crippen LogP contribution in [0.3, 0.4) is 0 Å². The Morgan fingerprint density at radius 2 is 1.67 bits per heavy atom. The number of carbonyl (C=O) groups excluding carboxylic acids is 1. The quantitative estimate of drug-likeness (QED) is 0.241. The van der Waals surface area contributed by atoms with Gasteiger partial charge in [-0.15, -0.1) is 0 Å². The fourth-order valence-electron chi connectivity index (χ4n) is 3.74. The summed E-state index contributed by atoms with van der Waals surface area (Å²) in [4.78, 5) is 34.6. The third-order valence-electron chi connectivity index (χ3n) is 5.77. The van der Waals surface area contributed by atoms with Crippen molar-refractivity contribution in [2.75, 3.05) is 32.1 Å². The van der Waals surface area contributed by atoms with Crippen LogP contribution in [0.1, 0.15) is 16.7 Å². The summed E-state index contributed by atoms with van der Waals surface area (Å²) in [6.45, 7) is 0.347. The summed E-state index contributed by atoms with van der Waals surface area (Å²) in [6, 6.07) is 5.55. The van der Waals surface area contributed by atoms with E-state index in [2.05, 4.69) is 19.5 Å². The number of anilines is 1. The summed E-state index contributed by atoms with van der Waals surface area (Å²) < 4.78 is 124. The molecule has 9 nitrogen and oxygen atoms in total. The monoisotopic (exact) mass is 643 g/mol. The first-order valence-corrected chi connectivity index (χ1v) is 12.6. The minimum absolute atomic E-state index is 0.00902. The lowest BCUT2D eigenvalue weighted by atomic mass is 10.0. The van der Waals surface area contributed by atoms with E-state index in [1.54, 1.807) is 23.9 Å². The molecule has 2 heterocycles. The number of likely N-dealkylation sites (N-methyl/N-ethyl adjacent to an activating group) is 1. The van der Waals surface area contributed by atoms with Crippen molar-refractivity contribution in [2.24, 2.45) is 0 Å². The molecule has 2 aromatic carbocycles. The molecule has 0 atom stereocenters. The molecule has 4 rings (SSSR count). The minimum atomic E-state index is -5.59. The number of hydrogen-bond donors (Lipinski definition) is 0. The van der Waals surface area contributed by atoms with Gasteiger partial charge in [-0.05, 0) is 43.9 Å². The number of hydrogen-bond acceptors (Lipinski definition) is 9. The van der Waals surface area contributed by atoms with Gasteiger partial charge in [0.2, 0.25) is 5.82 Å². The Hall–Kier alpha value is -4.13. The number of benzene rings is 2. The van der Waals surface area contributed by atoms with Crippen molar-refractivity contribution in [3.05, 3.63) is 63.6 Å². The van der Waals surface area contributed by atoms with Crippen LogP contribution in [0.4, 0.5) is 44.6 Å². The van der Waals surface area contributed by atoms with E-state index in [9.17, 15) is 49.1 Å². The van der Waals surface area contributed by atoms with Gasteiger partial charge in [0.15, 0.2) is 5.13 Å². The molecule has 0 amide bonds. The lowest BCUT2D eigenvalue weighted by Crippen LogP contribution is -2.37. The number of carbonyl (C=O) groups is 1. The summed E-state index contributed by atoms with van der Waals surface area (Å²) in [6.07, 6.45) is -15.3. The predicted molar refractivity (Wildman–Crippen MR) is 133 cm³/mol. The second-order valence-electron chi connectivity index (χ2n) is 9.22. The van der Waals surface area contributed by atoms with E-state index < -0.39 is 57.5 Å². The summed E-state index contributed by atoms with van der Waals surface area (Å²) in [5.41, 5.74) is -3.03. The SMILES string of the molecule is CN(C)CCN(Cc1ccc(-c2noc(=O)n2OC(=O)C(F)(F)F)c(C(F)(F)F)c1)c1nc2ccc(C(F)(F)F)cc2s1. The lowest BCUT2D eigenvalue weighted by Gasteiger charge is -2.24. The summed E-state index contributed by atoms with van der Waals surface area (Å²) >= 11 is 0.902. The first-order valence-electron chi connectivity index (χ1n) is 11.8. The molecule has 0 aliphatic carbocycles. The molecule has 19 heteroatoms. The summed E-state index contributed by atoms with van der Waals surface area (Å²) in [5, 5.41) is 3.28. The van der Waals surface area contributed by atoms with Crippen molar-refractivity contribution in [2.45, 2.75) is 25.1 Å². The Morgan fingerprint density at radius 1 is 0.977 bits per heavy atom. The molecule has 0 fully saturated rings. The van der Waals surface area contributed by atoms with Crippen molar-refractivity contribution in [1.82, 2.24) is 19.8 Å². The maximum absolute atomic E-state index is 14.1. The van der Waals surface area contributed by atoms with Gasteiger partial charge in [0.1, 0.15) is 0 Å². The third kappa shape index (κ3) is 7.27. The second-order valence-corrected chi connectivity index (χ2v) is 10.2. The predicted octanol–water partition coefficient (Wildman–Crippen LogP) is 5.24. The Bertz CT molecular complexity index is 1690. The molecular weight excluding hydrogens is 625 g/mol. The number of halogens is 9. The van der Waals surface area contributed by atoms with Crippen molar-refractivity contribution in [3.63, 3.8) is 0 Å². The number of fused-ring (bicyclic) bond motifs is 1. The zero-order chi connectivity index (χ0) is 31.9. The number of nitrogens with zero attached hydrogens (tertiary/aromatic N) is 5. The summed E-state index contributed by atoms with van der Waals surface area (Å²) in [5.74, 6) is -5.85. The van der Waals surface area contributed by atoms with E-state index in [0.29, 0.717) is 12.6 Å². The van der Waals surface area contributed by atoms with Crippen LogP contribution in [-0.4, -0.2) is 59.1 Å². The highest BCUT2D eigenvalue weighted by Crippen LogP contribution is 2.39. The Labute approximate surface area is 238 Å². The number of alkyl halides is 9. The van der Waals surface area contributed by atoms with Gasteiger partial charge in [0.05, 0.1) is 21.3 Å². The van der Waals surface area contributed by atoms with E-state index in [1.165, 1.54) is 6.07 Å². The smallest absolute Gasteiger partial charge is 0.342 e.